The van der Waals surface area contributed by atoms with E-state index in [0.29, 0.717) is 6.54 Å². The smallest absolute Gasteiger partial charge is 0.123 e. The van der Waals surface area contributed by atoms with Crippen molar-refractivity contribution >= 4 is 5.69 Å². The van der Waals surface area contributed by atoms with Crippen LogP contribution in [-0.4, -0.2) is 13.7 Å². The molecule has 0 saturated carbocycles. The van der Waals surface area contributed by atoms with E-state index < -0.39 is 0 Å². The molecular formula is C17H20N2O. The number of para-hydroxylation sites is 1. The average Bonchev–Trinajstić information content (AvgIpc) is 2.90. The fourth-order valence-electron chi connectivity index (χ4n) is 2.85. The van der Waals surface area contributed by atoms with Crippen LogP contribution in [0.4, 0.5) is 5.69 Å². The van der Waals surface area contributed by atoms with Gasteiger partial charge in [-0.1, -0.05) is 30.3 Å². The van der Waals surface area contributed by atoms with Crippen LogP contribution in [0.15, 0.2) is 42.5 Å². The summed E-state index contributed by atoms with van der Waals surface area (Å²) in [7, 11) is 1.70. The van der Waals surface area contributed by atoms with E-state index in [1.807, 2.05) is 0 Å². The predicted molar refractivity (Wildman–Crippen MR) is 82.1 cm³/mol. The molecule has 0 unspecified atom stereocenters. The van der Waals surface area contributed by atoms with Gasteiger partial charge >= 0.3 is 0 Å². The molecule has 1 aliphatic rings. The van der Waals surface area contributed by atoms with Crippen molar-refractivity contribution in [3.63, 3.8) is 0 Å². The molecule has 0 aliphatic carbocycles. The molecule has 20 heavy (non-hydrogen) atoms. The van der Waals surface area contributed by atoms with E-state index in [1.54, 1.807) is 7.11 Å². The molecule has 0 fully saturated rings. The molecule has 0 radical (unpaired) electrons. The lowest BCUT2D eigenvalue weighted by molar-refractivity contribution is 0.409. The third-order valence-corrected chi connectivity index (χ3v) is 3.93. The zero-order valence-corrected chi connectivity index (χ0v) is 11.8. The number of fused-ring (bicyclic) bond motifs is 1. The minimum Gasteiger partial charge on any atom is -0.496 e. The first-order chi connectivity index (χ1) is 9.81. The summed E-state index contributed by atoms with van der Waals surface area (Å²) in [5.74, 6) is 0.887. The molecule has 0 saturated heterocycles. The monoisotopic (exact) mass is 268 g/mol. The third-order valence-electron chi connectivity index (χ3n) is 3.93. The van der Waals surface area contributed by atoms with Crippen molar-refractivity contribution in [1.82, 2.24) is 0 Å². The number of hydrogen-bond acceptors (Lipinski definition) is 3. The van der Waals surface area contributed by atoms with Crippen LogP contribution in [0.5, 0.6) is 5.75 Å². The van der Waals surface area contributed by atoms with Gasteiger partial charge in [0, 0.05) is 30.9 Å². The lowest BCUT2D eigenvalue weighted by atomic mass is 10.1. The Labute approximate surface area is 120 Å². The van der Waals surface area contributed by atoms with Crippen LogP contribution in [-0.2, 0) is 19.5 Å². The summed E-state index contributed by atoms with van der Waals surface area (Å²) < 4.78 is 5.41. The van der Waals surface area contributed by atoms with Gasteiger partial charge in [0.05, 0.1) is 7.11 Å². The van der Waals surface area contributed by atoms with Crippen molar-refractivity contribution in [3.05, 3.63) is 59.2 Å². The number of anilines is 1. The first kappa shape index (κ1) is 13.0. The Morgan fingerprint density at radius 1 is 1.20 bits per heavy atom. The molecular weight excluding hydrogens is 248 g/mol. The average molecular weight is 268 g/mol. The molecule has 104 valence electrons. The van der Waals surface area contributed by atoms with Crippen LogP contribution in [0, 0.1) is 0 Å². The molecule has 0 atom stereocenters. The molecule has 3 rings (SSSR count). The molecule has 0 amide bonds. The number of benzene rings is 2. The maximum absolute atomic E-state index is 5.71. The minimum atomic E-state index is 0.510. The van der Waals surface area contributed by atoms with Gasteiger partial charge in [-0.25, -0.2) is 0 Å². The second-order valence-corrected chi connectivity index (χ2v) is 5.15. The van der Waals surface area contributed by atoms with Crippen LogP contribution >= 0.6 is 0 Å². The molecule has 3 nitrogen and oxygen atoms in total. The minimum absolute atomic E-state index is 0.510. The number of nitrogens with zero attached hydrogens (tertiary/aromatic N) is 1. The van der Waals surface area contributed by atoms with Crippen molar-refractivity contribution in [2.45, 2.75) is 19.5 Å². The van der Waals surface area contributed by atoms with Crippen molar-refractivity contribution in [1.29, 1.82) is 0 Å². The second kappa shape index (κ2) is 5.55. The van der Waals surface area contributed by atoms with Gasteiger partial charge < -0.3 is 15.4 Å². The van der Waals surface area contributed by atoms with E-state index in [9.17, 15) is 0 Å². The molecule has 2 aromatic rings. The Morgan fingerprint density at radius 3 is 2.85 bits per heavy atom. The first-order valence-corrected chi connectivity index (χ1v) is 7.00. The molecule has 1 aliphatic heterocycles. The summed E-state index contributed by atoms with van der Waals surface area (Å²) in [5, 5.41) is 0. The summed E-state index contributed by atoms with van der Waals surface area (Å²) >= 11 is 0. The Morgan fingerprint density at radius 2 is 2.05 bits per heavy atom. The largest absolute Gasteiger partial charge is 0.496 e. The number of rotatable bonds is 4. The lowest BCUT2D eigenvalue weighted by Gasteiger charge is -2.20. The Kier molecular flexibility index (Phi) is 3.61. The summed E-state index contributed by atoms with van der Waals surface area (Å²) in [6.07, 6.45) is 1.13. The van der Waals surface area contributed by atoms with Crippen molar-refractivity contribution in [2.24, 2.45) is 5.73 Å². The van der Waals surface area contributed by atoms with Gasteiger partial charge in [0.2, 0.25) is 0 Å². The third kappa shape index (κ3) is 2.37. The number of methoxy groups -OCH3 is 1. The fourth-order valence-corrected chi connectivity index (χ4v) is 2.85. The van der Waals surface area contributed by atoms with Gasteiger partial charge in [-0.15, -0.1) is 0 Å². The fraction of sp³-hybridized carbons (Fsp3) is 0.294. The number of hydrogen-bond donors (Lipinski definition) is 1. The van der Waals surface area contributed by atoms with Gasteiger partial charge in [0.15, 0.2) is 0 Å². The van der Waals surface area contributed by atoms with Crippen LogP contribution in [0.1, 0.15) is 16.7 Å². The Balaban J connectivity index is 1.82. The summed E-state index contributed by atoms with van der Waals surface area (Å²) in [6.45, 7) is 2.51. The van der Waals surface area contributed by atoms with E-state index in [1.165, 1.54) is 16.8 Å². The molecule has 2 aromatic carbocycles. The molecule has 3 heteroatoms. The maximum atomic E-state index is 5.71. The number of nitrogens with two attached hydrogens (primary N) is 1. The van der Waals surface area contributed by atoms with Gasteiger partial charge in [0.25, 0.3) is 0 Å². The summed E-state index contributed by atoms with van der Waals surface area (Å²) in [6, 6.07) is 14.9. The second-order valence-electron chi connectivity index (χ2n) is 5.15. The van der Waals surface area contributed by atoms with Crippen LogP contribution in [0.25, 0.3) is 0 Å². The zero-order valence-electron chi connectivity index (χ0n) is 11.8. The molecule has 2 N–H and O–H groups in total. The van der Waals surface area contributed by atoms with Gasteiger partial charge in [0.1, 0.15) is 5.75 Å². The summed E-state index contributed by atoms with van der Waals surface area (Å²) in [5.41, 5.74) is 10.8. The summed E-state index contributed by atoms with van der Waals surface area (Å²) in [4.78, 5) is 2.42. The van der Waals surface area contributed by atoms with Gasteiger partial charge in [-0.05, 0) is 29.7 Å². The standard InChI is InChI=1S/C17H20N2O/c1-20-17-10-13(6-7-15(17)11-18)12-19-9-8-14-4-2-3-5-16(14)19/h2-7,10H,8-9,11-12,18H2,1H3. The predicted octanol–water partition coefficient (Wildman–Crippen LogP) is 2.72. The van der Waals surface area contributed by atoms with Crippen LogP contribution in [0.2, 0.25) is 0 Å². The quantitative estimate of drug-likeness (QED) is 0.926. The Hall–Kier alpha value is -2.00. The van der Waals surface area contributed by atoms with E-state index in [4.69, 9.17) is 10.5 Å². The van der Waals surface area contributed by atoms with E-state index in [-0.39, 0.29) is 0 Å². The highest BCUT2D eigenvalue weighted by Crippen LogP contribution is 2.29. The lowest BCUT2D eigenvalue weighted by Crippen LogP contribution is -2.19. The molecule has 1 heterocycles. The Bertz CT molecular complexity index is 610. The van der Waals surface area contributed by atoms with Crippen molar-refractivity contribution < 1.29 is 4.74 Å². The van der Waals surface area contributed by atoms with E-state index >= 15 is 0 Å². The van der Waals surface area contributed by atoms with E-state index in [0.717, 1.165) is 30.8 Å². The van der Waals surface area contributed by atoms with Gasteiger partial charge in [-0.2, -0.15) is 0 Å². The first-order valence-electron chi connectivity index (χ1n) is 7.00. The highest BCUT2D eigenvalue weighted by atomic mass is 16.5. The SMILES string of the molecule is COc1cc(CN2CCc3ccccc32)ccc1CN. The van der Waals surface area contributed by atoms with Crippen molar-refractivity contribution in [2.75, 3.05) is 18.6 Å². The van der Waals surface area contributed by atoms with Crippen LogP contribution in [0.3, 0.4) is 0 Å². The highest BCUT2D eigenvalue weighted by Gasteiger charge is 2.18. The zero-order chi connectivity index (χ0) is 13.9. The van der Waals surface area contributed by atoms with Gasteiger partial charge in [-0.3, -0.25) is 0 Å². The van der Waals surface area contributed by atoms with E-state index in [2.05, 4.69) is 47.4 Å². The molecule has 0 bridgehead atoms. The van der Waals surface area contributed by atoms with Crippen LogP contribution < -0.4 is 15.4 Å². The molecule has 0 aromatic heterocycles. The number of ether oxygens (including phenoxy) is 1. The molecule has 0 spiro atoms. The normalized spacial score (nSPS) is 13.4. The topological polar surface area (TPSA) is 38.5 Å². The van der Waals surface area contributed by atoms with Crippen molar-refractivity contribution in [3.8, 4) is 5.75 Å². The highest BCUT2D eigenvalue weighted by molar-refractivity contribution is 5.58. The maximum Gasteiger partial charge on any atom is 0.123 e.